The summed E-state index contributed by atoms with van der Waals surface area (Å²) in [7, 11) is 1.33. The number of esters is 1. The second-order valence-corrected chi connectivity index (χ2v) is 6.41. The molecule has 1 aromatic carbocycles. The highest BCUT2D eigenvalue weighted by Crippen LogP contribution is 2.48. The molecule has 0 N–H and O–H groups in total. The van der Waals surface area contributed by atoms with E-state index in [0.29, 0.717) is 31.7 Å². The van der Waals surface area contributed by atoms with Gasteiger partial charge in [0, 0.05) is 11.4 Å². The van der Waals surface area contributed by atoms with Crippen molar-refractivity contribution in [3.8, 4) is 0 Å². The molecule has 2 saturated heterocycles. The van der Waals surface area contributed by atoms with Crippen LogP contribution in [-0.2, 0) is 19.1 Å². The zero-order valence-corrected chi connectivity index (χ0v) is 13.8. The SMILES string of the molecule is COC(=O)[C@@]1(CCCCl)C[C@H]2CO[C@H](c3ccccc3)N2C1=O. The van der Waals surface area contributed by atoms with Crippen LogP contribution in [0.4, 0.5) is 0 Å². The number of hydrogen-bond donors (Lipinski definition) is 0. The smallest absolute Gasteiger partial charge is 0.321 e. The summed E-state index contributed by atoms with van der Waals surface area (Å²) < 4.78 is 10.8. The van der Waals surface area contributed by atoms with Crippen LogP contribution in [0.15, 0.2) is 30.3 Å². The highest BCUT2D eigenvalue weighted by Gasteiger charge is 2.60. The zero-order valence-electron chi connectivity index (χ0n) is 13.0. The molecule has 0 aromatic heterocycles. The van der Waals surface area contributed by atoms with Gasteiger partial charge in [0.15, 0.2) is 6.23 Å². The second-order valence-electron chi connectivity index (χ2n) is 6.03. The third-order valence-corrected chi connectivity index (χ3v) is 4.99. The van der Waals surface area contributed by atoms with Crippen molar-refractivity contribution in [3.05, 3.63) is 35.9 Å². The quantitative estimate of drug-likeness (QED) is 0.470. The lowest BCUT2D eigenvalue weighted by Gasteiger charge is -2.27. The zero-order chi connectivity index (χ0) is 16.4. The van der Waals surface area contributed by atoms with Crippen molar-refractivity contribution in [2.45, 2.75) is 31.5 Å². The van der Waals surface area contributed by atoms with E-state index in [4.69, 9.17) is 21.1 Å². The van der Waals surface area contributed by atoms with E-state index in [2.05, 4.69) is 0 Å². The van der Waals surface area contributed by atoms with Crippen LogP contribution >= 0.6 is 11.6 Å². The summed E-state index contributed by atoms with van der Waals surface area (Å²) in [6.07, 6.45) is 1.01. The molecular weight excluding hydrogens is 318 g/mol. The first-order valence-electron chi connectivity index (χ1n) is 7.78. The van der Waals surface area contributed by atoms with Gasteiger partial charge in [-0.3, -0.25) is 9.59 Å². The number of ether oxygens (including phenoxy) is 2. The first-order valence-corrected chi connectivity index (χ1v) is 8.31. The fourth-order valence-corrected chi connectivity index (χ4v) is 3.77. The topological polar surface area (TPSA) is 55.8 Å². The molecule has 0 unspecified atom stereocenters. The third kappa shape index (κ3) is 2.62. The first-order chi connectivity index (χ1) is 11.1. The van der Waals surface area contributed by atoms with Crippen molar-refractivity contribution in [2.24, 2.45) is 5.41 Å². The van der Waals surface area contributed by atoms with E-state index in [1.54, 1.807) is 4.90 Å². The summed E-state index contributed by atoms with van der Waals surface area (Å²) in [5, 5.41) is 0. The minimum Gasteiger partial charge on any atom is -0.468 e. The Morgan fingerprint density at radius 1 is 1.43 bits per heavy atom. The Labute approximate surface area is 140 Å². The monoisotopic (exact) mass is 337 g/mol. The van der Waals surface area contributed by atoms with Crippen LogP contribution in [0.25, 0.3) is 0 Å². The van der Waals surface area contributed by atoms with Crippen molar-refractivity contribution in [3.63, 3.8) is 0 Å². The number of carbonyl (C=O) groups is 2. The van der Waals surface area contributed by atoms with Crippen LogP contribution in [0, 0.1) is 5.41 Å². The summed E-state index contributed by atoms with van der Waals surface area (Å²) in [6.45, 7) is 0.435. The van der Waals surface area contributed by atoms with E-state index in [0.717, 1.165) is 5.56 Å². The molecule has 124 valence electrons. The van der Waals surface area contributed by atoms with Gasteiger partial charge in [-0.05, 0) is 19.3 Å². The highest BCUT2D eigenvalue weighted by molar-refractivity contribution is 6.17. The number of alkyl halides is 1. The van der Waals surface area contributed by atoms with Crippen molar-refractivity contribution in [1.82, 2.24) is 4.90 Å². The van der Waals surface area contributed by atoms with Crippen LogP contribution in [-0.4, -0.2) is 42.4 Å². The van der Waals surface area contributed by atoms with Gasteiger partial charge in [0.25, 0.3) is 0 Å². The molecule has 3 rings (SSSR count). The highest BCUT2D eigenvalue weighted by atomic mass is 35.5. The molecule has 5 nitrogen and oxygen atoms in total. The average Bonchev–Trinajstić information content (AvgIpc) is 3.12. The van der Waals surface area contributed by atoms with E-state index in [-0.39, 0.29) is 11.9 Å². The maximum atomic E-state index is 13.1. The molecule has 0 radical (unpaired) electrons. The second kappa shape index (κ2) is 6.49. The molecule has 2 aliphatic heterocycles. The van der Waals surface area contributed by atoms with Gasteiger partial charge in [0.2, 0.25) is 5.91 Å². The number of amides is 1. The van der Waals surface area contributed by atoms with Crippen molar-refractivity contribution in [1.29, 1.82) is 0 Å². The first kappa shape index (κ1) is 16.3. The molecule has 6 heteroatoms. The van der Waals surface area contributed by atoms with Crippen LogP contribution in [0.3, 0.4) is 0 Å². The number of carbonyl (C=O) groups excluding carboxylic acids is 2. The number of methoxy groups -OCH3 is 1. The molecule has 2 fully saturated rings. The van der Waals surface area contributed by atoms with Gasteiger partial charge < -0.3 is 14.4 Å². The molecule has 1 amide bonds. The number of nitrogens with zero attached hydrogens (tertiary/aromatic N) is 1. The fourth-order valence-electron chi connectivity index (χ4n) is 3.64. The van der Waals surface area contributed by atoms with Gasteiger partial charge in [0.05, 0.1) is 19.8 Å². The maximum Gasteiger partial charge on any atom is 0.321 e. The molecule has 2 aliphatic rings. The summed E-state index contributed by atoms with van der Waals surface area (Å²) in [5.74, 6) is -0.255. The molecule has 0 aliphatic carbocycles. The van der Waals surface area contributed by atoms with E-state index in [9.17, 15) is 9.59 Å². The Balaban J connectivity index is 1.91. The normalized spacial score (nSPS) is 29.7. The Morgan fingerprint density at radius 2 is 2.17 bits per heavy atom. The number of fused-ring (bicyclic) bond motifs is 1. The lowest BCUT2D eigenvalue weighted by molar-refractivity contribution is -0.162. The third-order valence-electron chi connectivity index (χ3n) is 4.72. The standard InChI is InChI=1S/C17H20ClNO4/c1-22-16(21)17(8-5-9-18)10-13-11-23-14(19(13)15(17)20)12-6-3-2-4-7-12/h2-4,6-7,13-14H,5,8-11H2,1H3/t13-,14+,17-/m0/s1. The Hall–Kier alpha value is -1.59. The maximum absolute atomic E-state index is 13.1. The molecule has 2 heterocycles. The molecule has 0 saturated carbocycles. The fraction of sp³-hybridized carbons (Fsp3) is 0.529. The van der Waals surface area contributed by atoms with Gasteiger partial charge in [-0.25, -0.2) is 0 Å². The largest absolute Gasteiger partial charge is 0.468 e. The Morgan fingerprint density at radius 3 is 2.83 bits per heavy atom. The van der Waals surface area contributed by atoms with Crippen LogP contribution in [0.5, 0.6) is 0 Å². The van der Waals surface area contributed by atoms with Gasteiger partial charge in [-0.15, -0.1) is 11.6 Å². The summed E-state index contributed by atoms with van der Waals surface area (Å²) in [6, 6.07) is 9.50. The number of benzene rings is 1. The van der Waals surface area contributed by atoms with Gasteiger partial charge in [-0.1, -0.05) is 30.3 Å². The van der Waals surface area contributed by atoms with E-state index < -0.39 is 17.6 Å². The summed E-state index contributed by atoms with van der Waals surface area (Å²) in [4.78, 5) is 27.2. The Bertz CT molecular complexity index is 594. The number of rotatable bonds is 5. The summed E-state index contributed by atoms with van der Waals surface area (Å²) >= 11 is 5.78. The predicted molar refractivity (Wildman–Crippen MR) is 84.8 cm³/mol. The van der Waals surface area contributed by atoms with E-state index in [1.165, 1.54) is 7.11 Å². The molecule has 0 bridgehead atoms. The van der Waals surface area contributed by atoms with Crippen molar-refractivity contribution in [2.75, 3.05) is 19.6 Å². The molecule has 3 atom stereocenters. The minimum absolute atomic E-state index is 0.0952. The van der Waals surface area contributed by atoms with Crippen molar-refractivity contribution < 1.29 is 19.1 Å². The lowest BCUT2D eigenvalue weighted by Crippen LogP contribution is -2.42. The Kier molecular flexibility index (Phi) is 4.60. The van der Waals surface area contributed by atoms with E-state index >= 15 is 0 Å². The lowest BCUT2D eigenvalue weighted by atomic mass is 9.80. The number of hydrogen-bond acceptors (Lipinski definition) is 4. The van der Waals surface area contributed by atoms with Gasteiger partial charge in [-0.2, -0.15) is 0 Å². The summed E-state index contributed by atoms with van der Waals surface area (Å²) in [5.41, 5.74) is -0.202. The van der Waals surface area contributed by atoms with Crippen LogP contribution in [0.1, 0.15) is 31.1 Å². The van der Waals surface area contributed by atoms with Crippen LogP contribution < -0.4 is 0 Å². The van der Waals surface area contributed by atoms with Crippen LogP contribution in [0.2, 0.25) is 0 Å². The number of halogens is 1. The molecular formula is C17H20ClNO4. The molecule has 0 spiro atoms. The minimum atomic E-state index is -1.12. The average molecular weight is 338 g/mol. The molecule has 1 aromatic rings. The molecule has 23 heavy (non-hydrogen) atoms. The predicted octanol–water partition coefficient (Wildman–Crippen LogP) is 2.49. The van der Waals surface area contributed by atoms with E-state index in [1.807, 2.05) is 30.3 Å². The van der Waals surface area contributed by atoms with Gasteiger partial charge >= 0.3 is 5.97 Å². The van der Waals surface area contributed by atoms with Crippen molar-refractivity contribution >= 4 is 23.5 Å². The van der Waals surface area contributed by atoms with Gasteiger partial charge in [0.1, 0.15) is 5.41 Å².